The molecule has 3 aliphatic rings. The molecule has 49 heavy (non-hydrogen) atoms. The van der Waals surface area contributed by atoms with E-state index in [4.69, 9.17) is 0 Å². The first kappa shape index (κ1) is 41.0. The fraction of sp³-hybridized carbons (Fsp3) is 0.500. The van der Waals surface area contributed by atoms with Gasteiger partial charge < -0.3 is 9.80 Å². The van der Waals surface area contributed by atoms with Crippen LogP contribution in [0.1, 0.15) is 80.6 Å². The Kier molecular flexibility index (Phi) is 16.6. The van der Waals surface area contributed by atoms with Gasteiger partial charge in [0.1, 0.15) is 0 Å². The molecule has 0 spiro atoms. The number of fused-ring (bicyclic) bond motifs is 1. The van der Waals surface area contributed by atoms with Crippen molar-refractivity contribution in [3.8, 4) is 0 Å². The Morgan fingerprint density at radius 2 is 1.31 bits per heavy atom. The number of carbonyl (C=O) groups is 2. The average Bonchev–Trinajstić information content (AvgIpc) is 3.28. The minimum absolute atomic E-state index is 0. The second kappa shape index (κ2) is 19.8. The molecule has 0 aromatic heterocycles. The molecule has 0 bridgehead atoms. The van der Waals surface area contributed by atoms with Crippen LogP contribution in [0.2, 0.25) is 0 Å². The standard InChI is InChI=1S/C40H52N4O2.3ClH/c1-31-8-3-4-10-36(31)29-43-22-18-33-14-15-35(28-34(33)19-23-43)39(45)13-7-9-32-16-20-42(21-17-32)30-37-11-5-6-12-38(37)40(46)44-26-24-41(2)25-27-44;;;/h3-6,8,10-12,14-15,28,32H,7,9,13,16-27,29-30H2,1-2H3;3*1H. The number of hydrogen-bond donors (Lipinski definition) is 0. The molecule has 9 heteroatoms. The number of Topliss-reactive ketones (excluding diaryl/α,β-unsaturated/α-hetero) is 1. The van der Waals surface area contributed by atoms with E-state index in [2.05, 4.69) is 83.3 Å². The fourth-order valence-corrected chi connectivity index (χ4v) is 7.55. The van der Waals surface area contributed by atoms with Crippen molar-refractivity contribution in [1.82, 2.24) is 19.6 Å². The van der Waals surface area contributed by atoms with E-state index in [-0.39, 0.29) is 43.1 Å². The summed E-state index contributed by atoms with van der Waals surface area (Å²) < 4.78 is 0. The molecule has 2 saturated heterocycles. The molecule has 1 amide bonds. The Morgan fingerprint density at radius 1 is 0.694 bits per heavy atom. The van der Waals surface area contributed by atoms with E-state index in [1.165, 1.54) is 35.1 Å². The van der Waals surface area contributed by atoms with Gasteiger partial charge in [0.05, 0.1) is 0 Å². The summed E-state index contributed by atoms with van der Waals surface area (Å²) in [6.45, 7) is 11.7. The number of piperazine rings is 1. The van der Waals surface area contributed by atoms with E-state index in [0.717, 1.165) is 108 Å². The van der Waals surface area contributed by atoms with Crippen LogP contribution in [-0.4, -0.2) is 90.7 Å². The van der Waals surface area contributed by atoms with Crippen LogP contribution in [0, 0.1) is 12.8 Å². The number of ketones is 1. The van der Waals surface area contributed by atoms with Gasteiger partial charge in [-0.3, -0.25) is 19.4 Å². The second-order valence-corrected chi connectivity index (χ2v) is 14.0. The molecular weight excluding hydrogens is 675 g/mol. The molecular formula is C40H55Cl3N4O2. The van der Waals surface area contributed by atoms with Crippen LogP contribution in [0.15, 0.2) is 66.7 Å². The van der Waals surface area contributed by atoms with Crippen molar-refractivity contribution in [3.05, 3.63) is 106 Å². The number of piperidine rings is 1. The largest absolute Gasteiger partial charge is 0.336 e. The van der Waals surface area contributed by atoms with Crippen LogP contribution >= 0.6 is 37.2 Å². The van der Waals surface area contributed by atoms with E-state index in [0.29, 0.717) is 18.1 Å². The predicted molar refractivity (Wildman–Crippen MR) is 208 cm³/mol. The molecule has 3 aromatic carbocycles. The number of hydrogen-bond acceptors (Lipinski definition) is 5. The molecule has 0 saturated carbocycles. The number of carbonyl (C=O) groups excluding carboxylic acids is 2. The SMILES string of the molecule is Cc1ccccc1CN1CCc2ccc(C(=O)CCCC3CCN(Cc4ccccc4C(=O)N4CCN(C)CC4)CC3)cc2CC1.Cl.Cl.Cl. The molecule has 268 valence electrons. The van der Waals surface area contributed by atoms with E-state index >= 15 is 0 Å². The molecule has 0 N–H and O–H groups in total. The zero-order valence-electron chi connectivity index (χ0n) is 29.3. The maximum absolute atomic E-state index is 13.3. The van der Waals surface area contributed by atoms with Crippen molar-refractivity contribution in [2.75, 3.05) is 59.4 Å². The minimum Gasteiger partial charge on any atom is -0.336 e. The van der Waals surface area contributed by atoms with E-state index in [9.17, 15) is 9.59 Å². The number of nitrogens with zero attached hydrogens (tertiary/aromatic N) is 4. The summed E-state index contributed by atoms with van der Waals surface area (Å²) >= 11 is 0. The highest BCUT2D eigenvalue weighted by molar-refractivity contribution is 5.96. The fourth-order valence-electron chi connectivity index (χ4n) is 7.55. The smallest absolute Gasteiger partial charge is 0.254 e. The Morgan fingerprint density at radius 3 is 2.02 bits per heavy atom. The molecule has 0 radical (unpaired) electrons. The third-order valence-electron chi connectivity index (χ3n) is 10.7. The van der Waals surface area contributed by atoms with Crippen molar-refractivity contribution in [1.29, 1.82) is 0 Å². The summed E-state index contributed by atoms with van der Waals surface area (Å²) in [6.07, 6.45) is 7.12. The van der Waals surface area contributed by atoms with Crippen LogP contribution < -0.4 is 0 Å². The molecule has 3 aromatic rings. The lowest BCUT2D eigenvalue weighted by Gasteiger charge is -2.34. The van der Waals surface area contributed by atoms with Gasteiger partial charge in [0, 0.05) is 69.9 Å². The quantitative estimate of drug-likeness (QED) is 0.202. The Labute approximate surface area is 312 Å². The van der Waals surface area contributed by atoms with E-state index in [1.807, 2.05) is 17.0 Å². The van der Waals surface area contributed by atoms with Crippen LogP contribution in [0.4, 0.5) is 0 Å². The van der Waals surface area contributed by atoms with Crippen molar-refractivity contribution in [3.63, 3.8) is 0 Å². The number of benzene rings is 3. The van der Waals surface area contributed by atoms with Crippen molar-refractivity contribution < 1.29 is 9.59 Å². The molecule has 0 aliphatic carbocycles. The first-order valence-corrected chi connectivity index (χ1v) is 17.6. The Bertz CT molecular complexity index is 1500. The molecule has 2 fully saturated rings. The van der Waals surface area contributed by atoms with Crippen LogP contribution in [-0.2, 0) is 25.9 Å². The summed E-state index contributed by atoms with van der Waals surface area (Å²) in [5.74, 6) is 1.15. The third kappa shape index (κ3) is 11.0. The molecule has 0 atom stereocenters. The van der Waals surface area contributed by atoms with E-state index in [1.54, 1.807) is 0 Å². The summed E-state index contributed by atoms with van der Waals surface area (Å²) in [5, 5.41) is 0. The van der Waals surface area contributed by atoms with Crippen molar-refractivity contribution in [2.45, 2.75) is 65.0 Å². The number of likely N-dealkylation sites (N-methyl/N-ethyl adjacent to an activating group) is 1. The number of amides is 1. The van der Waals surface area contributed by atoms with Gasteiger partial charge in [-0.2, -0.15) is 0 Å². The predicted octanol–water partition coefficient (Wildman–Crippen LogP) is 7.51. The highest BCUT2D eigenvalue weighted by atomic mass is 35.5. The van der Waals surface area contributed by atoms with Gasteiger partial charge >= 0.3 is 0 Å². The number of halogens is 3. The number of likely N-dealkylation sites (tertiary alicyclic amines) is 1. The zero-order chi connectivity index (χ0) is 31.9. The second-order valence-electron chi connectivity index (χ2n) is 14.0. The monoisotopic (exact) mass is 728 g/mol. The van der Waals surface area contributed by atoms with Gasteiger partial charge in [-0.1, -0.05) is 54.6 Å². The summed E-state index contributed by atoms with van der Waals surface area (Å²) in [4.78, 5) is 35.9. The normalized spacial score (nSPS) is 17.6. The van der Waals surface area contributed by atoms with Gasteiger partial charge in [0.15, 0.2) is 5.78 Å². The topological polar surface area (TPSA) is 47.1 Å². The van der Waals surface area contributed by atoms with Crippen molar-refractivity contribution >= 4 is 48.9 Å². The highest BCUT2D eigenvalue weighted by Gasteiger charge is 2.25. The number of aryl methyl sites for hydroxylation is 1. The minimum atomic E-state index is 0. The summed E-state index contributed by atoms with van der Waals surface area (Å²) in [7, 11) is 2.12. The average molecular weight is 730 g/mol. The van der Waals surface area contributed by atoms with Gasteiger partial charge in [-0.05, 0) is 111 Å². The molecule has 6 rings (SSSR count). The van der Waals surface area contributed by atoms with Gasteiger partial charge in [0.2, 0.25) is 0 Å². The molecule has 3 aliphatic heterocycles. The Balaban J connectivity index is 0.00000217. The first-order chi connectivity index (χ1) is 22.4. The number of rotatable bonds is 10. The van der Waals surface area contributed by atoms with Crippen LogP contribution in [0.25, 0.3) is 0 Å². The lowest BCUT2D eigenvalue weighted by atomic mass is 9.90. The maximum atomic E-state index is 13.3. The molecule has 3 heterocycles. The van der Waals surface area contributed by atoms with Gasteiger partial charge in [-0.25, -0.2) is 0 Å². The summed E-state index contributed by atoms with van der Waals surface area (Å²) in [6, 6.07) is 23.4. The Hall–Kier alpha value is -2.45. The van der Waals surface area contributed by atoms with Crippen molar-refractivity contribution in [2.24, 2.45) is 5.92 Å². The summed E-state index contributed by atoms with van der Waals surface area (Å²) in [5.41, 5.74) is 8.44. The van der Waals surface area contributed by atoms with Crippen LogP contribution in [0.5, 0.6) is 0 Å². The van der Waals surface area contributed by atoms with Crippen LogP contribution in [0.3, 0.4) is 0 Å². The maximum Gasteiger partial charge on any atom is 0.254 e. The van der Waals surface area contributed by atoms with E-state index < -0.39 is 0 Å². The lowest BCUT2D eigenvalue weighted by molar-refractivity contribution is 0.0661. The van der Waals surface area contributed by atoms with Gasteiger partial charge in [-0.15, -0.1) is 37.2 Å². The first-order valence-electron chi connectivity index (χ1n) is 17.6. The zero-order valence-corrected chi connectivity index (χ0v) is 31.7. The van der Waals surface area contributed by atoms with Gasteiger partial charge in [0.25, 0.3) is 5.91 Å². The lowest BCUT2D eigenvalue weighted by Crippen LogP contribution is -2.47. The molecule has 6 nitrogen and oxygen atoms in total. The third-order valence-corrected chi connectivity index (χ3v) is 10.7. The molecule has 0 unspecified atom stereocenters. The highest BCUT2D eigenvalue weighted by Crippen LogP contribution is 2.26.